The lowest BCUT2D eigenvalue weighted by atomic mass is 10.0. The molecule has 1 amide bonds. The Kier molecular flexibility index (Phi) is 4.91. The number of aromatic nitrogens is 1. The Morgan fingerprint density at radius 2 is 2.39 bits per heavy atom. The average molecular weight is 252 g/mol. The molecule has 7 nitrogen and oxygen atoms in total. The SMILES string of the molecule is CCC(C(=O)Nc1ccc(OC)nc1)C(N)=NO. The molecule has 4 N–H and O–H groups in total. The summed E-state index contributed by atoms with van der Waals surface area (Å²) in [4.78, 5) is 15.8. The van der Waals surface area contributed by atoms with E-state index in [-0.39, 0.29) is 11.7 Å². The van der Waals surface area contributed by atoms with Gasteiger partial charge in [-0.15, -0.1) is 0 Å². The number of anilines is 1. The van der Waals surface area contributed by atoms with Gasteiger partial charge in [0.2, 0.25) is 11.8 Å². The van der Waals surface area contributed by atoms with Crippen molar-refractivity contribution in [3.05, 3.63) is 18.3 Å². The van der Waals surface area contributed by atoms with Gasteiger partial charge in [0, 0.05) is 6.07 Å². The summed E-state index contributed by atoms with van der Waals surface area (Å²) in [6.45, 7) is 1.77. The van der Waals surface area contributed by atoms with Gasteiger partial charge in [0.15, 0.2) is 5.84 Å². The monoisotopic (exact) mass is 252 g/mol. The highest BCUT2D eigenvalue weighted by Gasteiger charge is 2.21. The van der Waals surface area contributed by atoms with Crippen LogP contribution in [0.5, 0.6) is 5.88 Å². The highest BCUT2D eigenvalue weighted by molar-refractivity contribution is 6.07. The highest BCUT2D eigenvalue weighted by atomic mass is 16.5. The number of pyridine rings is 1. The first kappa shape index (κ1) is 13.8. The lowest BCUT2D eigenvalue weighted by Crippen LogP contribution is -2.34. The van der Waals surface area contributed by atoms with E-state index in [2.05, 4.69) is 15.5 Å². The number of nitrogens with two attached hydrogens (primary N) is 1. The quantitative estimate of drug-likeness (QED) is 0.311. The Bertz CT molecular complexity index is 430. The van der Waals surface area contributed by atoms with Gasteiger partial charge in [0.05, 0.1) is 24.9 Å². The number of hydrogen-bond acceptors (Lipinski definition) is 5. The summed E-state index contributed by atoms with van der Waals surface area (Å²) in [6.07, 6.45) is 1.90. The van der Waals surface area contributed by atoms with Crippen LogP contribution in [0, 0.1) is 5.92 Å². The van der Waals surface area contributed by atoms with Gasteiger partial charge in [0.1, 0.15) is 0 Å². The second-order valence-electron chi connectivity index (χ2n) is 3.56. The molecule has 0 fully saturated rings. The molecule has 1 aromatic heterocycles. The Labute approximate surface area is 105 Å². The van der Waals surface area contributed by atoms with Crippen LogP contribution < -0.4 is 15.8 Å². The zero-order chi connectivity index (χ0) is 13.5. The first-order valence-electron chi connectivity index (χ1n) is 5.40. The van der Waals surface area contributed by atoms with Crippen LogP contribution in [-0.2, 0) is 4.79 Å². The van der Waals surface area contributed by atoms with Crippen molar-refractivity contribution in [3.63, 3.8) is 0 Å². The van der Waals surface area contributed by atoms with E-state index in [0.29, 0.717) is 18.0 Å². The third-order valence-electron chi connectivity index (χ3n) is 2.41. The molecule has 0 aliphatic rings. The van der Waals surface area contributed by atoms with Gasteiger partial charge in [-0.2, -0.15) is 0 Å². The zero-order valence-electron chi connectivity index (χ0n) is 10.3. The molecule has 1 heterocycles. The molecular formula is C11H16N4O3. The first-order valence-corrected chi connectivity index (χ1v) is 5.40. The first-order chi connectivity index (χ1) is 8.62. The van der Waals surface area contributed by atoms with Crippen molar-refractivity contribution < 1.29 is 14.7 Å². The lowest BCUT2D eigenvalue weighted by Gasteiger charge is -2.13. The maximum atomic E-state index is 11.9. The Morgan fingerprint density at radius 3 is 2.83 bits per heavy atom. The lowest BCUT2D eigenvalue weighted by molar-refractivity contribution is -0.118. The fourth-order valence-electron chi connectivity index (χ4n) is 1.40. The molecule has 0 bridgehead atoms. The van der Waals surface area contributed by atoms with Gasteiger partial charge in [0.25, 0.3) is 0 Å². The number of amidine groups is 1. The molecule has 98 valence electrons. The standard InChI is InChI=1S/C11H16N4O3/c1-3-8(10(12)15-17)11(16)14-7-4-5-9(18-2)13-6-7/h4-6,8,17H,3H2,1-2H3,(H2,12,15)(H,14,16). The number of carbonyl (C=O) groups excluding carboxylic acids is 1. The largest absolute Gasteiger partial charge is 0.481 e. The Morgan fingerprint density at radius 1 is 1.67 bits per heavy atom. The van der Waals surface area contributed by atoms with Crippen LogP contribution >= 0.6 is 0 Å². The van der Waals surface area contributed by atoms with Crippen molar-refractivity contribution >= 4 is 17.4 Å². The molecule has 1 atom stereocenters. The Balaban J connectivity index is 2.73. The van der Waals surface area contributed by atoms with Crippen LogP contribution in [0.4, 0.5) is 5.69 Å². The molecule has 0 spiro atoms. The summed E-state index contributed by atoms with van der Waals surface area (Å²) in [5, 5.41) is 14.1. The number of amides is 1. The molecule has 0 aliphatic heterocycles. The minimum Gasteiger partial charge on any atom is -0.481 e. The van der Waals surface area contributed by atoms with Crippen molar-refractivity contribution in [1.82, 2.24) is 4.98 Å². The second-order valence-corrected chi connectivity index (χ2v) is 3.56. The van der Waals surface area contributed by atoms with Crippen LogP contribution in [0.15, 0.2) is 23.5 Å². The van der Waals surface area contributed by atoms with Gasteiger partial charge in [-0.05, 0) is 12.5 Å². The Hall–Kier alpha value is -2.31. The number of methoxy groups -OCH3 is 1. The predicted molar refractivity (Wildman–Crippen MR) is 66.6 cm³/mol. The van der Waals surface area contributed by atoms with E-state index in [9.17, 15) is 4.79 Å². The summed E-state index contributed by atoms with van der Waals surface area (Å²) in [5.74, 6) is -0.676. The van der Waals surface area contributed by atoms with Crippen molar-refractivity contribution in [1.29, 1.82) is 0 Å². The van der Waals surface area contributed by atoms with Crippen molar-refractivity contribution in [2.45, 2.75) is 13.3 Å². The zero-order valence-corrected chi connectivity index (χ0v) is 10.3. The van der Waals surface area contributed by atoms with E-state index >= 15 is 0 Å². The molecule has 1 unspecified atom stereocenters. The summed E-state index contributed by atoms with van der Waals surface area (Å²) in [6, 6.07) is 3.28. The van der Waals surface area contributed by atoms with Gasteiger partial charge >= 0.3 is 0 Å². The van der Waals surface area contributed by atoms with E-state index in [1.807, 2.05) is 0 Å². The second kappa shape index (κ2) is 6.43. The molecule has 0 aliphatic carbocycles. The highest BCUT2D eigenvalue weighted by Crippen LogP contribution is 2.13. The number of oxime groups is 1. The van der Waals surface area contributed by atoms with Crippen molar-refractivity contribution in [2.24, 2.45) is 16.8 Å². The van der Waals surface area contributed by atoms with Crippen LogP contribution in [0.2, 0.25) is 0 Å². The van der Waals surface area contributed by atoms with Gasteiger partial charge in [-0.25, -0.2) is 4.98 Å². The normalized spacial score (nSPS) is 12.9. The van der Waals surface area contributed by atoms with E-state index < -0.39 is 5.92 Å². The maximum absolute atomic E-state index is 11.9. The third-order valence-corrected chi connectivity index (χ3v) is 2.41. The topological polar surface area (TPSA) is 110 Å². The molecule has 7 heteroatoms. The molecular weight excluding hydrogens is 236 g/mol. The summed E-state index contributed by atoms with van der Waals surface area (Å²) < 4.78 is 4.90. The van der Waals surface area contributed by atoms with Crippen LogP contribution in [-0.4, -0.2) is 29.0 Å². The smallest absolute Gasteiger partial charge is 0.235 e. The van der Waals surface area contributed by atoms with Crippen LogP contribution in [0.3, 0.4) is 0 Å². The van der Waals surface area contributed by atoms with E-state index in [1.54, 1.807) is 19.1 Å². The van der Waals surface area contributed by atoms with Crippen molar-refractivity contribution in [3.8, 4) is 5.88 Å². The summed E-state index contributed by atoms with van der Waals surface area (Å²) >= 11 is 0. The summed E-state index contributed by atoms with van der Waals surface area (Å²) in [7, 11) is 1.51. The molecule has 0 aromatic carbocycles. The molecule has 1 rings (SSSR count). The average Bonchev–Trinajstić information content (AvgIpc) is 2.40. The number of hydrogen-bond donors (Lipinski definition) is 3. The molecule has 1 aromatic rings. The van der Waals surface area contributed by atoms with Crippen LogP contribution in [0.25, 0.3) is 0 Å². The molecule has 0 saturated carbocycles. The van der Waals surface area contributed by atoms with Crippen LogP contribution in [0.1, 0.15) is 13.3 Å². The summed E-state index contributed by atoms with van der Waals surface area (Å²) in [5.41, 5.74) is 5.95. The number of rotatable bonds is 5. The van der Waals surface area contributed by atoms with Gasteiger partial charge < -0.3 is 21.0 Å². The van der Waals surface area contributed by atoms with E-state index in [4.69, 9.17) is 15.7 Å². The molecule has 0 saturated heterocycles. The maximum Gasteiger partial charge on any atom is 0.235 e. The van der Waals surface area contributed by atoms with Gasteiger partial charge in [-0.1, -0.05) is 12.1 Å². The number of carbonyl (C=O) groups is 1. The minimum absolute atomic E-state index is 0.114. The molecule has 0 radical (unpaired) electrons. The van der Waals surface area contributed by atoms with E-state index in [1.165, 1.54) is 13.3 Å². The number of nitrogens with one attached hydrogen (secondary N) is 1. The van der Waals surface area contributed by atoms with E-state index in [0.717, 1.165) is 0 Å². The third kappa shape index (κ3) is 3.34. The fraction of sp³-hybridized carbons (Fsp3) is 0.364. The number of ether oxygens (including phenoxy) is 1. The number of nitrogens with zero attached hydrogens (tertiary/aromatic N) is 2. The molecule has 18 heavy (non-hydrogen) atoms. The fourth-order valence-corrected chi connectivity index (χ4v) is 1.40. The predicted octanol–water partition coefficient (Wildman–Crippen LogP) is 0.801. The van der Waals surface area contributed by atoms with Gasteiger partial charge in [-0.3, -0.25) is 4.79 Å². The minimum atomic E-state index is -0.669. The van der Waals surface area contributed by atoms with Crippen molar-refractivity contribution in [2.75, 3.05) is 12.4 Å².